The van der Waals surface area contributed by atoms with E-state index in [9.17, 15) is 4.79 Å². The van der Waals surface area contributed by atoms with Crippen LogP contribution < -0.4 is 20.3 Å². The highest BCUT2D eigenvalue weighted by Gasteiger charge is 2.59. The van der Waals surface area contributed by atoms with Crippen molar-refractivity contribution in [1.29, 1.82) is 0 Å². The summed E-state index contributed by atoms with van der Waals surface area (Å²) in [5.74, 6) is 0.0541. The number of nitrogens with zero attached hydrogens (tertiary/aromatic N) is 1. The monoisotopic (exact) mass is 535 g/mol. The van der Waals surface area contributed by atoms with E-state index in [0.717, 1.165) is 43.9 Å². The number of fused-ring (bicyclic) bond motifs is 4. The zero-order valence-electron chi connectivity index (χ0n) is 19.5. The number of carbonyl (C=O) groups is 1. The maximum absolute atomic E-state index is 14.0. The first-order chi connectivity index (χ1) is 16.2. The number of amides is 1. The van der Waals surface area contributed by atoms with Gasteiger partial charge < -0.3 is 15.4 Å². The van der Waals surface area contributed by atoms with Gasteiger partial charge in [-0.05, 0) is 75.8 Å². The normalized spacial score (nSPS) is 23.0. The lowest BCUT2D eigenvalue weighted by molar-refractivity contribution is -0.130. The Bertz CT molecular complexity index is 1330. The van der Waals surface area contributed by atoms with Gasteiger partial charge in [-0.1, -0.05) is 57.4 Å². The molecule has 1 saturated heterocycles. The molecular formula is C27H26BrN3O2S. The molecular weight excluding hydrogens is 510 g/mol. The van der Waals surface area contributed by atoms with Gasteiger partial charge >= 0.3 is 0 Å². The summed E-state index contributed by atoms with van der Waals surface area (Å²) in [6.07, 6.45) is 0. The predicted octanol–water partition coefficient (Wildman–Crippen LogP) is 6.17. The predicted molar refractivity (Wildman–Crippen MR) is 143 cm³/mol. The Labute approximate surface area is 213 Å². The Morgan fingerprint density at radius 1 is 1.09 bits per heavy atom. The molecule has 2 aliphatic heterocycles. The molecule has 5 nitrogen and oxygen atoms in total. The van der Waals surface area contributed by atoms with Crippen molar-refractivity contribution in [3.63, 3.8) is 0 Å². The quantitative estimate of drug-likeness (QED) is 0.392. The van der Waals surface area contributed by atoms with Gasteiger partial charge in [0.25, 0.3) is 0 Å². The van der Waals surface area contributed by atoms with Crippen LogP contribution >= 0.6 is 28.1 Å². The fraction of sp³-hybridized carbons (Fsp3) is 0.259. The average molecular weight is 536 g/mol. The zero-order valence-corrected chi connectivity index (χ0v) is 21.9. The lowest BCUT2D eigenvalue weighted by Gasteiger charge is -2.56. The average Bonchev–Trinajstić information content (AvgIpc) is 2.76. The highest BCUT2D eigenvalue weighted by molar-refractivity contribution is 9.10. The van der Waals surface area contributed by atoms with Crippen LogP contribution in [-0.2, 0) is 4.79 Å². The summed E-state index contributed by atoms with van der Waals surface area (Å²) >= 11 is 9.39. The third kappa shape index (κ3) is 3.77. The van der Waals surface area contributed by atoms with Crippen molar-refractivity contribution in [2.75, 3.05) is 10.2 Å². The molecule has 1 fully saturated rings. The van der Waals surface area contributed by atoms with E-state index in [2.05, 4.69) is 38.7 Å². The minimum absolute atomic E-state index is 0.124. The molecule has 3 atom stereocenters. The SMILES string of the molecule is Cc1ccc(NC(=O)C2C3NC(=S)N(c4cccc(Br)c4)C2(C)Oc2ccc(C)cc23)c(C)c1. The van der Waals surface area contributed by atoms with Gasteiger partial charge in [-0.3, -0.25) is 9.69 Å². The van der Waals surface area contributed by atoms with Gasteiger partial charge in [0.15, 0.2) is 10.8 Å². The molecule has 0 aliphatic carbocycles. The summed E-state index contributed by atoms with van der Waals surface area (Å²) in [5, 5.41) is 7.15. The van der Waals surface area contributed by atoms with E-state index in [1.54, 1.807) is 0 Å². The first kappa shape index (κ1) is 22.9. The lowest BCUT2D eigenvalue weighted by atomic mass is 9.78. The molecule has 5 rings (SSSR count). The summed E-state index contributed by atoms with van der Waals surface area (Å²) in [7, 11) is 0. The van der Waals surface area contributed by atoms with Gasteiger partial charge in [0.2, 0.25) is 5.91 Å². The van der Waals surface area contributed by atoms with E-state index in [0.29, 0.717) is 5.11 Å². The van der Waals surface area contributed by atoms with Crippen molar-refractivity contribution in [3.05, 3.63) is 87.4 Å². The number of carbonyl (C=O) groups excluding carboxylic acids is 1. The third-order valence-corrected chi connectivity index (χ3v) is 7.44. The third-order valence-electron chi connectivity index (χ3n) is 6.64. The molecule has 0 saturated carbocycles. The molecule has 2 bridgehead atoms. The number of ether oxygens (including phenoxy) is 1. The number of aryl methyl sites for hydroxylation is 3. The summed E-state index contributed by atoms with van der Waals surface area (Å²) in [6, 6.07) is 19.6. The molecule has 7 heteroatoms. The Morgan fingerprint density at radius 2 is 1.82 bits per heavy atom. The second-order valence-corrected chi connectivity index (χ2v) is 10.5. The summed E-state index contributed by atoms with van der Waals surface area (Å²) in [4.78, 5) is 15.9. The summed E-state index contributed by atoms with van der Waals surface area (Å²) in [6.45, 7) is 8.03. The summed E-state index contributed by atoms with van der Waals surface area (Å²) < 4.78 is 7.58. The lowest BCUT2D eigenvalue weighted by Crippen LogP contribution is -2.72. The van der Waals surface area contributed by atoms with Crippen molar-refractivity contribution in [1.82, 2.24) is 5.32 Å². The van der Waals surface area contributed by atoms with Crippen molar-refractivity contribution in [3.8, 4) is 5.75 Å². The number of hydrogen-bond donors (Lipinski definition) is 2. The molecule has 2 heterocycles. The van der Waals surface area contributed by atoms with Gasteiger partial charge in [-0.2, -0.15) is 0 Å². The van der Waals surface area contributed by atoms with E-state index in [-0.39, 0.29) is 11.9 Å². The fourth-order valence-corrected chi connectivity index (χ4v) is 5.87. The Balaban J connectivity index is 1.63. The maximum atomic E-state index is 14.0. The van der Waals surface area contributed by atoms with Crippen LogP contribution in [0.4, 0.5) is 11.4 Å². The van der Waals surface area contributed by atoms with Crippen LogP contribution in [0, 0.1) is 26.7 Å². The van der Waals surface area contributed by atoms with Crippen molar-refractivity contribution < 1.29 is 9.53 Å². The standard InChI is InChI=1S/C27H26BrN3O2S/c1-15-8-10-21(17(3)12-15)29-25(32)23-24-20-13-16(2)9-11-22(20)33-27(23,4)31(26(34)30-24)19-7-5-6-18(28)14-19/h5-14,23-24H,1-4H3,(H,29,32)(H,30,34). The second kappa shape index (κ2) is 8.40. The Kier molecular flexibility index (Phi) is 5.65. The van der Waals surface area contributed by atoms with Gasteiger partial charge in [-0.25, -0.2) is 0 Å². The van der Waals surface area contributed by atoms with Crippen LogP contribution in [0.15, 0.2) is 65.1 Å². The van der Waals surface area contributed by atoms with E-state index < -0.39 is 11.6 Å². The van der Waals surface area contributed by atoms with Crippen molar-refractivity contribution in [2.45, 2.75) is 39.5 Å². The minimum Gasteiger partial charge on any atom is -0.467 e. The zero-order chi connectivity index (χ0) is 24.2. The number of hydrogen-bond acceptors (Lipinski definition) is 3. The number of nitrogens with one attached hydrogen (secondary N) is 2. The minimum atomic E-state index is -1.04. The number of thiocarbonyl (C=S) groups is 1. The molecule has 2 aliphatic rings. The van der Waals surface area contributed by atoms with Crippen LogP contribution in [0.25, 0.3) is 0 Å². The molecule has 1 amide bonds. The van der Waals surface area contributed by atoms with E-state index in [1.807, 2.05) is 81.1 Å². The molecule has 3 unspecified atom stereocenters. The Morgan fingerprint density at radius 3 is 2.56 bits per heavy atom. The molecule has 34 heavy (non-hydrogen) atoms. The molecule has 3 aromatic rings. The number of halogens is 1. The van der Waals surface area contributed by atoms with Crippen molar-refractivity contribution >= 4 is 50.5 Å². The summed E-state index contributed by atoms with van der Waals surface area (Å²) in [5.41, 5.74) is 4.80. The van der Waals surface area contributed by atoms with Crippen molar-refractivity contribution in [2.24, 2.45) is 5.92 Å². The molecule has 174 valence electrons. The largest absolute Gasteiger partial charge is 0.467 e. The Hall–Kier alpha value is -2.90. The van der Waals surface area contributed by atoms with E-state index in [1.165, 1.54) is 0 Å². The van der Waals surface area contributed by atoms with Gasteiger partial charge in [0, 0.05) is 21.4 Å². The van der Waals surface area contributed by atoms with Crippen LogP contribution in [0.3, 0.4) is 0 Å². The molecule has 0 radical (unpaired) electrons. The van der Waals surface area contributed by atoms with Gasteiger partial charge in [0.05, 0.1) is 6.04 Å². The smallest absolute Gasteiger partial charge is 0.236 e. The molecule has 3 aromatic carbocycles. The van der Waals surface area contributed by atoms with E-state index in [4.69, 9.17) is 17.0 Å². The first-order valence-corrected chi connectivity index (χ1v) is 12.4. The van der Waals surface area contributed by atoms with Crippen LogP contribution in [0.2, 0.25) is 0 Å². The van der Waals surface area contributed by atoms with Crippen LogP contribution in [0.1, 0.15) is 35.2 Å². The maximum Gasteiger partial charge on any atom is 0.236 e. The highest BCUT2D eigenvalue weighted by Crippen LogP contribution is 2.50. The van der Waals surface area contributed by atoms with Crippen LogP contribution in [0.5, 0.6) is 5.75 Å². The number of rotatable bonds is 3. The number of anilines is 2. The molecule has 0 spiro atoms. The van der Waals surface area contributed by atoms with Crippen LogP contribution in [-0.4, -0.2) is 16.7 Å². The molecule has 0 aromatic heterocycles. The number of benzene rings is 3. The topological polar surface area (TPSA) is 53.6 Å². The second-order valence-electron chi connectivity index (χ2n) is 9.23. The highest BCUT2D eigenvalue weighted by atomic mass is 79.9. The fourth-order valence-electron chi connectivity index (χ4n) is 5.07. The van der Waals surface area contributed by atoms with E-state index >= 15 is 0 Å². The van der Waals surface area contributed by atoms with Gasteiger partial charge in [-0.15, -0.1) is 0 Å². The first-order valence-electron chi connectivity index (χ1n) is 11.2. The van der Waals surface area contributed by atoms with Gasteiger partial charge in [0.1, 0.15) is 11.7 Å². The molecule has 2 N–H and O–H groups in total.